The van der Waals surface area contributed by atoms with Gasteiger partial charge in [-0.1, -0.05) is 34.1 Å². The average molecular weight is 560 g/mol. The van der Waals surface area contributed by atoms with Gasteiger partial charge in [0.25, 0.3) is 11.1 Å². The molecule has 0 bridgehead atoms. The summed E-state index contributed by atoms with van der Waals surface area (Å²) in [5.74, 6) is -0.0368. The van der Waals surface area contributed by atoms with Crippen LogP contribution in [0.1, 0.15) is 30.5 Å². The van der Waals surface area contributed by atoms with E-state index in [1.165, 1.54) is 0 Å². The topological polar surface area (TPSA) is 82.1 Å². The Morgan fingerprint density at radius 1 is 1.11 bits per heavy atom. The molecule has 7 nitrogen and oxygen atoms in total. The van der Waals surface area contributed by atoms with Crippen LogP contribution >= 0.6 is 27.7 Å². The molecule has 184 valence electrons. The van der Waals surface area contributed by atoms with Crippen LogP contribution in [0.15, 0.2) is 58.4 Å². The van der Waals surface area contributed by atoms with Crippen molar-refractivity contribution in [2.75, 3.05) is 19.8 Å². The van der Waals surface area contributed by atoms with E-state index in [-0.39, 0.29) is 11.5 Å². The summed E-state index contributed by atoms with van der Waals surface area (Å²) >= 11 is 4.21. The van der Waals surface area contributed by atoms with Gasteiger partial charge in [0, 0.05) is 10.0 Å². The summed E-state index contributed by atoms with van der Waals surface area (Å²) in [4.78, 5) is 38.0. The molecule has 0 unspecified atom stereocenters. The van der Waals surface area contributed by atoms with Crippen molar-refractivity contribution < 1.29 is 28.6 Å². The third kappa shape index (κ3) is 6.99. The molecule has 2 amide bonds. The number of carbonyl (C=O) groups excluding carboxylic acids is 3. The lowest BCUT2D eigenvalue weighted by Gasteiger charge is -2.17. The highest BCUT2D eigenvalue weighted by molar-refractivity contribution is 9.10. The Morgan fingerprint density at radius 3 is 2.51 bits per heavy atom. The minimum atomic E-state index is -0.629. The number of rotatable bonds is 11. The maximum absolute atomic E-state index is 12.8. The number of ether oxygens (including phenoxy) is 3. The quantitative estimate of drug-likeness (QED) is 0.197. The number of hydrogen-bond acceptors (Lipinski definition) is 7. The molecule has 0 N–H and O–H groups in total. The van der Waals surface area contributed by atoms with E-state index in [1.54, 1.807) is 25.1 Å². The van der Waals surface area contributed by atoms with Gasteiger partial charge in [-0.2, -0.15) is 0 Å². The Kier molecular flexibility index (Phi) is 9.56. The fraction of sp³-hybridized carbons (Fsp3) is 0.269. The highest BCUT2D eigenvalue weighted by Gasteiger charge is 2.36. The Balaban J connectivity index is 1.89. The normalized spacial score (nSPS) is 14.4. The van der Waals surface area contributed by atoms with Gasteiger partial charge in [-0.3, -0.25) is 19.3 Å². The van der Waals surface area contributed by atoms with Gasteiger partial charge in [0.05, 0.1) is 18.1 Å². The summed E-state index contributed by atoms with van der Waals surface area (Å²) in [6, 6.07) is 11.5. The van der Waals surface area contributed by atoms with Gasteiger partial charge in [-0.25, -0.2) is 0 Å². The molecule has 0 aliphatic carbocycles. The van der Waals surface area contributed by atoms with Gasteiger partial charge in [-0.05, 0) is 73.5 Å². The number of halogens is 1. The molecule has 1 aliphatic heterocycles. The number of amides is 2. The zero-order chi connectivity index (χ0) is 25.4. The molecule has 1 heterocycles. The van der Waals surface area contributed by atoms with Crippen molar-refractivity contribution in [3.05, 3.63) is 75.1 Å². The van der Waals surface area contributed by atoms with Crippen LogP contribution in [0.5, 0.6) is 11.5 Å². The number of nitrogens with zero attached hydrogens (tertiary/aromatic N) is 1. The Bertz CT molecular complexity index is 1150. The van der Waals surface area contributed by atoms with Crippen molar-refractivity contribution in [1.82, 2.24) is 4.90 Å². The summed E-state index contributed by atoms with van der Waals surface area (Å²) in [6.45, 7) is 7.90. The van der Waals surface area contributed by atoms with Gasteiger partial charge in [-0.15, -0.1) is 6.58 Å². The Hall–Kier alpha value is -3.04. The highest BCUT2D eigenvalue weighted by Crippen LogP contribution is 2.37. The van der Waals surface area contributed by atoms with Crippen LogP contribution in [-0.4, -0.2) is 41.8 Å². The largest absolute Gasteiger partial charge is 0.490 e. The molecule has 0 saturated carbocycles. The number of thioether (sulfide) groups is 1. The summed E-state index contributed by atoms with van der Waals surface area (Å²) in [5, 5.41) is -0.514. The standard InChI is InChI=1S/C26H26BrNO6S/c1-4-7-19-12-18(14-22-25(30)28(26(31)35-22)15-23(29)33-6-3)13-21(32-5-2)24(19)34-16-17-8-10-20(27)11-9-17/h4,8-14H,1,5-7,15-16H2,2-3H3/b22-14+. The van der Waals surface area contributed by atoms with Gasteiger partial charge in [0.2, 0.25) is 0 Å². The van der Waals surface area contributed by atoms with Gasteiger partial charge in [0.1, 0.15) is 13.2 Å². The minimum Gasteiger partial charge on any atom is -0.490 e. The second kappa shape index (κ2) is 12.6. The van der Waals surface area contributed by atoms with E-state index in [1.807, 2.05) is 37.3 Å². The first-order valence-electron chi connectivity index (χ1n) is 11.0. The van der Waals surface area contributed by atoms with E-state index < -0.39 is 23.7 Å². The van der Waals surface area contributed by atoms with Crippen LogP contribution < -0.4 is 9.47 Å². The fourth-order valence-corrected chi connectivity index (χ4v) is 4.46. The van der Waals surface area contributed by atoms with Crippen molar-refractivity contribution >= 4 is 50.9 Å². The summed E-state index contributed by atoms with van der Waals surface area (Å²) in [7, 11) is 0. The first-order chi connectivity index (χ1) is 16.9. The Labute approximate surface area is 217 Å². The van der Waals surface area contributed by atoms with Crippen molar-refractivity contribution in [2.45, 2.75) is 26.9 Å². The summed E-state index contributed by atoms with van der Waals surface area (Å²) in [6.07, 6.45) is 3.89. The first-order valence-corrected chi connectivity index (χ1v) is 12.7. The molecular formula is C26H26BrNO6S. The molecular weight excluding hydrogens is 534 g/mol. The van der Waals surface area contributed by atoms with E-state index >= 15 is 0 Å². The van der Waals surface area contributed by atoms with E-state index in [2.05, 4.69) is 22.5 Å². The zero-order valence-corrected chi connectivity index (χ0v) is 21.9. The van der Waals surface area contributed by atoms with Crippen molar-refractivity contribution in [3.8, 4) is 11.5 Å². The summed E-state index contributed by atoms with van der Waals surface area (Å²) < 4.78 is 17.9. The van der Waals surface area contributed by atoms with E-state index in [4.69, 9.17) is 14.2 Å². The van der Waals surface area contributed by atoms with Crippen LogP contribution in [-0.2, 0) is 27.4 Å². The van der Waals surface area contributed by atoms with E-state index in [0.29, 0.717) is 36.7 Å². The van der Waals surface area contributed by atoms with Crippen LogP contribution in [0.4, 0.5) is 4.79 Å². The van der Waals surface area contributed by atoms with Crippen molar-refractivity contribution in [3.63, 3.8) is 0 Å². The van der Waals surface area contributed by atoms with E-state index in [9.17, 15) is 14.4 Å². The summed E-state index contributed by atoms with van der Waals surface area (Å²) in [5.41, 5.74) is 2.50. The molecule has 2 aromatic carbocycles. The SMILES string of the molecule is C=CCc1cc(/C=C2/SC(=O)N(CC(=O)OCC)C2=O)cc(OCC)c1OCc1ccc(Br)cc1. The lowest BCUT2D eigenvalue weighted by atomic mass is 10.0. The Morgan fingerprint density at radius 2 is 1.86 bits per heavy atom. The second-order valence-corrected chi connectivity index (χ2v) is 9.33. The maximum atomic E-state index is 12.8. The monoisotopic (exact) mass is 559 g/mol. The minimum absolute atomic E-state index is 0.174. The van der Waals surface area contributed by atoms with Gasteiger partial charge in [0.15, 0.2) is 11.5 Å². The number of esters is 1. The number of hydrogen-bond donors (Lipinski definition) is 0. The van der Waals surface area contributed by atoms with Crippen LogP contribution in [0.25, 0.3) is 6.08 Å². The maximum Gasteiger partial charge on any atom is 0.326 e. The number of allylic oxidation sites excluding steroid dienone is 1. The fourth-order valence-electron chi connectivity index (χ4n) is 3.36. The molecule has 0 aromatic heterocycles. The molecule has 3 rings (SSSR count). The highest BCUT2D eigenvalue weighted by atomic mass is 79.9. The molecule has 0 spiro atoms. The lowest BCUT2D eigenvalue weighted by Crippen LogP contribution is -2.34. The number of benzene rings is 2. The third-order valence-electron chi connectivity index (χ3n) is 4.88. The van der Waals surface area contributed by atoms with Crippen molar-refractivity contribution in [2.24, 2.45) is 0 Å². The van der Waals surface area contributed by atoms with E-state index in [0.717, 1.165) is 32.3 Å². The number of carbonyl (C=O) groups is 3. The molecule has 2 aromatic rings. The predicted molar refractivity (Wildman–Crippen MR) is 139 cm³/mol. The number of imide groups is 1. The molecule has 1 saturated heterocycles. The van der Waals surface area contributed by atoms with Crippen LogP contribution in [0.3, 0.4) is 0 Å². The smallest absolute Gasteiger partial charge is 0.326 e. The van der Waals surface area contributed by atoms with Crippen LogP contribution in [0, 0.1) is 0 Å². The first kappa shape index (κ1) is 26.6. The molecule has 1 fully saturated rings. The predicted octanol–water partition coefficient (Wildman–Crippen LogP) is 5.75. The molecule has 35 heavy (non-hydrogen) atoms. The second-order valence-electron chi connectivity index (χ2n) is 7.42. The molecule has 0 radical (unpaired) electrons. The average Bonchev–Trinajstić information content (AvgIpc) is 3.07. The van der Waals surface area contributed by atoms with Gasteiger partial charge < -0.3 is 14.2 Å². The zero-order valence-electron chi connectivity index (χ0n) is 19.5. The molecule has 1 aliphatic rings. The molecule has 9 heteroatoms. The van der Waals surface area contributed by atoms with Crippen molar-refractivity contribution in [1.29, 1.82) is 0 Å². The third-order valence-corrected chi connectivity index (χ3v) is 6.31. The molecule has 0 atom stereocenters. The van der Waals surface area contributed by atoms with Crippen LogP contribution in [0.2, 0.25) is 0 Å². The lowest BCUT2D eigenvalue weighted by molar-refractivity contribution is -0.145. The van der Waals surface area contributed by atoms with Gasteiger partial charge >= 0.3 is 5.97 Å².